The molecule has 6 nitrogen and oxygen atoms in total. The molecule has 23 heavy (non-hydrogen) atoms. The fraction of sp³-hybridized carbons (Fsp3) is 0.647. The Labute approximate surface area is 137 Å². The second-order valence-corrected chi connectivity index (χ2v) is 5.93. The third-order valence-corrected chi connectivity index (χ3v) is 4.20. The predicted octanol–water partition coefficient (Wildman–Crippen LogP) is 3.77. The summed E-state index contributed by atoms with van der Waals surface area (Å²) in [6.07, 6.45) is -0.458. The predicted molar refractivity (Wildman–Crippen MR) is 89.1 cm³/mol. The normalized spacial score (nSPS) is 22.5. The Morgan fingerprint density at radius 3 is 2.35 bits per heavy atom. The van der Waals surface area contributed by atoms with E-state index in [0.29, 0.717) is 41.0 Å². The van der Waals surface area contributed by atoms with Crippen molar-refractivity contribution in [1.29, 1.82) is 0 Å². The van der Waals surface area contributed by atoms with E-state index in [4.69, 9.17) is 9.47 Å². The van der Waals surface area contributed by atoms with Crippen LogP contribution >= 0.6 is 0 Å². The number of hydrogen-bond acceptors (Lipinski definition) is 5. The van der Waals surface area contributed by atoms with Crippen LogP contribution in [0.1, 0.15) is 55.5 Å². The van der Waals surface area contributed by atoms with Gasteiger partial charge in [0.05, 0.1) is 17.6 Å². The molecule has 1 aromatic rings. The van der Waals surface area contributed by atoms with Crippen molar-refractivity contribution in [2.45, 2.75) is 59.7 Å². The van der Waals surface area contributed by atoms with Gasteiger partial charge in [0.2, 0.25) is 0 Å². The first-order valence-corrected chi connectivity index (χ1v) is 7.86. The van der Waals surface area contributed by atoms with Gasteiger partial charge in [-0.05, 0) is 27.7 Å². The highest BCUT2D eigenvalue weighted by Gasteiger charge is 2.41. The van der Waals surface area contributed by atoms with E-state index in [2.05, 4.69) is 0 Å². The molecule has 1 aromatic carbocycles. The molecular weight excluding hydrogens is 298 g/mol. The van der Waals surface area contributed by atoms with Crippen LogP contribution < -0.4 is 4.74 Å². The number of nitrogens with zero attached hydrogens (tertiary/aromatic N) is 1. The minimum atomic E-state index is -0.799. The topological polar surface area (TPSA) is 81.8 Å². The highest BCUT2D eigenvalue weighted by molar-refractivity contribution is 5.63. The lowest BCUT2D eigenvalue weighted by Crippen LogP contribution is -2.42. The summed E-state index contributed by atoms with van der Waals surface area (Å²) in [6.45, 7) is 11.4. The fourth-order valence-corrected chi connectivity index (χ4v) is 3.13. The van der Waals surface area contributed by atoms with Gasteiger partial charge in [0.15, 0.2) is 0 Å². The van der Waals surface area contributed by atoms with Gasteiger partial charge in [0.1, 0.15) is 11.4 Å². The van der Waals surface area contributed by atoms with E-state index in [0.717, 1.165) is 0 Å². The van der Waals surface area contributed by atoms with Gasteiger partial charge in [0.25, 0.3) is 5.69 Å². The van der Waals surface area contributed by atoms with Crippen molar-refractivity contribution in [3.63, 3.8) is 0 Å². The van der Waals surface area contributed by atoms with Gasteiger partial charge in [-0.25, -0.2) is 0 Å². The summed E-state index contributed by atoms with van der Waals surface area (Å²) in [5.74, 6) is 0.550. The highest BCUT2D eigenvalue weighted by atomic mass is 16.6. The van der Waals surface area contributed by atoms with E-state index in [-0.39, 0.29) is 5.69 Å². The van der Waals surface area contributed by atoms with Crippen LogP contribution in [0, 0.1) is 30.9 Å². The molecule has 2 atom stereocenters. The molecule has 0 saturated carbocycles. The van der Waals surface area contributed by atoms with Crippen molar-refractivity contribution in [2.24, 2.45) is 0 Å². The second kappa shape index (κ2) is 7.27. The molecule has 1 aliphatic heterocycles. The van der Waals surface area contributed by atoms with Crippen molar-refractivity contribution < 1.29 is 19.5 Å². The minimum absolute atomic E-state index is 0.0595. The van der Waals surface area contributed by atoms with Gasteiger partial charge in [-0.3, -0.25) is 10.1 Å². The third-order valence-electron chi connectivity index (χ3n) is 4.20. The first-order chi connectivity index (χ1) is 10.7. The average molecular weight is 325 g/mol. The van der Waals surface area contributed by atoms with Crippen molar-refractivity contribution >= 4 is 5.69 Å². The quantitative estimate of drug-likeness (QED) is 0.676. The molecule has 2 unspecified atom stereocenters. The summed E-state index contributed by atoms with van der Waals surface area (Å²) in [7, 11) is 1.58. The molecule has 1 aliphatic rings. The Morgan fingerprint density at radius 1 is 1.30 bits per heavy atom. The van der Waals surface area contributed by atoms with E-state index in [9.17, 15) is 15.2 Å². The SMILES string of the molecule is CC.COCC1(C)CC(O)c2c(C)c([N+](=O)[O-])c(C)c(C)c2O1. The van der Waals surface area contributed by atoms with Crippen LogP contribution in [0.5, 0.6) is 5.75 Å². The number of ether oxygens (including phenoxy) is 2. The lowest BCUT2D eigenvalue weighted by molar-refractivity contribution is -0.386. The van der Waals surface area contributed by atoms with Gasteiger partial charge in [-0.2, -0.15) is 0 Å². The van der Waals surface area contributed by atoms with E-state index in [1.54, 1.807) is 27.9 Å². The number of aliphatic hydroxyl groups excluding tert-OH is 1. The first kappa shape index (κ1) is 19.4. The Hall–Kier alpha value is -1.66. The summed E-state index contributed by atoms with van der Waals surface area (Å²) < 4.78 is 11.2. The number of benzene rings is 1. The fourth-order valence-electron chi connectivity index (χ4n) is 3.13. The van der Waals surface area contributed by atoms with Crippen LogP contribution in [0.4, 0.5) is 5.69 Å². The lowest BCUT2D eigenvalue weighted by atomic mass is 9.85. The van der Waals surface area contributed by atoms with Crippen LogP contribution in [0.15, 0.2) is 0 Å². The van der Waals surface area contributed by atoms with Gasteiger partial charge >= 0.3 is 0 Å². The number of aliphatic hydroxyl groups is 1. The molecule has 1 N–H and O–H groups in total. The summed E-state index contributed by atoms with van der Waals surface area (Å²) in [4.78, 5) is 10.9. The molecule has 130 valence electrons. The number of methoxy groups -OCH3 is 1. The largest absolute Gasteiger partial charge is 0.484 e. The van der Waals surface area contributed by atoms with Crippen molar-refractivity contribution in [1.82, 2.24) is 0 Å². The van der Waals surface area contributed by atoms with E-state index in [1.165, 1.54) is 0 Å². The molecule has 2 rings (SSSR count). The molecule has 0 spiro atoms. The maximum Gasteiger partial charge on any atom is 0.276 e. The second-order valence-electron chi connectivity index (χ2n) is 5.93. The molecule has 0 radical (unpaired) electrons. The number of hydrogen-bond donors (Lipinski definition) is 1. The summed E-state index contributed by atoms with van der Waals surface area (Å²) in [6, 6.07) is 0. The zero-order valence-electron chi connectivity index (χ0n) is 15.0. The molecular formula is C17H27NO5. The highest BCUT2D eigenvalue weighted by Crippen LogP contribution is 2.47. The van der Waals surface area contributed by atoms with E-state index < -0.39 is 16.6 Å². The summed E-state index contributed by atoms with van der Waals surface area (Å²) in [5, 5.41) is 21.7. The van der Waals surface area contributed by atoms with Crippen molar-refractivity contribution in [2.75, 3.05) is 13.7 Å². The van der Waals surface area contributed by atoms with Crippen LogP contribution in [-0.4, -0.2) is 29.3 Å². The molecule has 0 saturated heterocycles. The molecule has 0 aliphatic carbocycles. The van der Waals surface area contributed by atoms with Gasteiger partial charge in [-0.1, -0.05) is 13.8 Å². The molecule has 6 heteroatoms. The number of nitro groups is 1. The third kappa shape index (κ3) is 3.48. The van der Waals surface area contributed by atoms with Gasteiger partial charge in [0, 0.05) is 35.8 Å². The summed E-state index contributed by atoms with van der Waals surface area (Å²) in [5.41, 5.74) is 1.70. The lowest BCUT2D eigenvalue weighted by Gasteiger charge is -2.39. The standard InChI is InChI=1S/C15H21NO5.C2H6/c1-8-9(2)14-12(10(3)13(8)16(18)19)11(17)6-15(4,21-14)7-20-5;1-2/h11,17H,6-7H2,1-5H3;1-2H3. The first-order valence-electron chi connectivity index (χ1n) is 7.86. The van der Waals surface area contributed by atoms with Crippen LogP contribution in [0.25, 0.3) is 0 Å². The van der Waals surface area contributed by atoms with Crippen LogP contribution in [0.2, 0.25) is 0 Å². The number of rotatable bonds is 3. The van der Waals surface area contributed by atoms with E-state index in [1.807, 2.05) is 20.8 Å². The molecule has 0 fully saturated rings. The van der Waals surface area contributed by atoms with E-state index >= 15 is 0 Å². The Balaban J connectivity index is 0.00000127. The van der Waals surface area contributed by atoms with Crippen LogP contribution in [-0.2, 0) is 4.74 Å². The smallest absolute Gasteiger partial charge is 0.276 e. The van der Waals surface area contributed by atoms with Crippen LogP contribution in [0.3, 0.4) is 0 Å². The maximum atomic E-state index is 11.3. The van der Waals surface area contributed by atoms with Gasteiger partial charge < -0.3 is 14.6 Å². The zero-order chi connectivity index (χ0) is 17.9. The zero-order valence-corrected chi connectivity index (χ0v) is 15.0. The summed E-state index contributed by atoms with van der Waals surface area (Å²) >= 11 is 0. The molecule has 0 amide bonds. The number of fused-ring (bicyclic) bond motifs is 1. The monoisotopic (exact) mass is 325 g/mol. The minimum Gasteiger partial charge on any atom is -0.484 e. The van der Waals surface area contributed by atoms with Crippen molar-refractivity contribution in [3.05, 3.63) is 32.4 Å². The average Bonchev–Trinajstić information content (AvgIpc) is 2.46. The Morgan fingerprint density at radius 2 is 1.87 bits per heavy atom. The Kier molecular flexibility index (Phi) is 6.13. The molecule has 0 bridgehead atoms. The maximum absolute atomic E-state index is 11.3. The Bertz CT molecular complexity index is 599. The van der Waals surface area contributed by atoms with Crippen molar-refractivity contribution in [3.8, 4) is 5.75 Å². The number of nitro benzene ring substituents is 1. The molecule has 1 heterocycles. The molecule has 0 aromatic heterocycles. The van der Waals surface area contributed by atoms with Gasteiger partial charge in [-0.15, -0.1) is 0 Å².